The minimum Gasteiger partial charge on any atom is -0.403 e. The van der Waals surface area contributed by atoms with Crippen LogP contribution in [0.2, 0.25) is 0 Å². The van der Waals surface area contributed by atoms with Crippen LogP contribution in [0.3, 0.4) is 0 Å². The summed E-state index contributed by atoms with van der Waals surface area (Å²) in [6.45, 7) is 6.44. The van der Waals surface area contributed by atoms with Crippen molar-refractivity contribution in [2.24, 2.45) is 11.6 Å². The van der Waals surface area contributed by atoms with Crippen LogP contribution in [-0.4, -0.2) is 52.7 Å². The van der Waals surface area contributed by atoms with Crippen LogP contribution in [0.5, 0.6) is 0 Å². The van der Waals surface area contributed by atoms with Crippen LogP contribution in [0.1, 0.15) is 54.9 Å². The van der Waals surface area contributed by atoms with Gasteiger partial charge in [0.1, 0.15) is 0 Å². The molecule has 0 bridgehead atoms. The van der Waals surface area contributed by atoms with Gasteiger partial charge in [0.05, 0.1) is 22.7 Å². The topological polar surface area (TPSA) is 125 Å². The Kier molecular flexibility index (Phi) is 8.08. The van der Waals surface area contributed by atoms with Gasteiger partial charge in [0.15, 0.2) is 11.6 Å². The molecule has 2 aromatic heterocycles. The number of hydrazine groups is 1. The molecule has 3 heterocycles. The number of ketones is 1. The number of H-pyrrole nitrogens is 1. The second kappa shape index (κ2) is 11.4. The number of nitrogens with one attached hydrogen (secondary N) is 1. The maximum absolute atomic E-state index is 14.7. The first-order valence-electron chi connectivity index (χ1n) is 12.7. The van der Waals surface area contributed by atoms with E-state index in [9.17, 15) is 14.0 Å². The van der Waals surface area contributed by atoms with Crippen molar-refractivity contribution in [3.05, 3.63) is 66.0 Å². The fourth-order valence-electron chi connectivity index (χ4n) is 4.99. The van der Waals surface area contributed by atoms with Crippen molar-refractivity contribution in [1.29, 1.82) is 0 Å². The second-order valence-electron chi connectivity index (χ2n) is 9.23. The van der Waals surface area contributed by atoms with Crippen molar-refractivity contribution in [3.8, 4) is 0 Å². The summed E-state index contributed by atoms with van der Waals surface area (Å²) >= 11 is 0. The number of piperazine rings is 1. The number of fused-ring (bicyclic) bond motifs is 1. The summed E-state index contributed by atoms with van der Waals surface area (Å²) in [5, 5.41) is 1.07. The summed E-state index contributed by atoms with van der Waals surface area (Å²) in [4.78, 5) is 36.8. The van der Waals surface area contributed by atoms with E-state index in [1.165, 1.54) is 29.1 Å². The van der Waals surface area contributed by atoms with Crippen molar-refractivity contribution in [3.63, 3.8) is 0 Å². The number of aromatic amines is 1. The number of rotatable bonds is 9. The van der Waals surface area contributed by atoms with Crippen molar-refractivity contribution < 1.29 is 14.0 Å². The van der Waals surface area contributed by atoms with E-state index < -0.39 is 17.5 Å². The third-order valence-electron chi connectivity index (χ3n) is 6.98. The van der Waals surface area contributed by atoms with E-state index in [-0.39, 0.29) is 22.3 Å². The highest BCUT2D eigenvalue weighted by Gasteiger charge is 2.30. The molecule has 1 aliphatic rings. The van der Waals surface area contributed by atoms with Gasteiger partial charge in [-0.2, -0.15) is 0 Å². The number of carbonyl (C=O) groups is 2. The number of pyridine rings is 1. The summed E-state index contributed by atoms with van der Waals surface area (Å²) in [7, 11) is 0. The maximum atomic E-state index is 14.7. The Morgan fingerprint density at radius 3 is 2.68 bits per heavy atom. The third kappa shape index (κ3) is 5.29. The fourth-order valence-corrected chi connectivity index (χ4v) is 4.99. The van der Waals surface area contributed by atoms with Crippen LogP contribution in [0.15, 0.2) is 49.1 Å². The lowest BCUT2D eigenvalue weighted by Gasteiger charge is -2.36. The van der Waals surface area contributed by atoms with E-state index in [0.717, 1.165) is 36.2 Å². The van der Waals surface area contributed by atoms with Gasteiger partial charge in [0.2, 0.25) is 0 Å². The van der Waals surface area contributed by atoms with Crippen molar-refractivity contribution in [1.82, 2.24) is 14.9 Å². The van der Waals surface area contributed by atoms with Crippen molar-refractivity contribution in [2.45, 2.75) is 39.0 Å². The molecule has 0 spiro atoms. The van der Waals surface area contributed by atoms with Gasteiger partial charge < -0.3 is 20.5 Å². The average Bonchev–Trinajstić information content (AvgIpc) is 3.37. The number of amides is 1. The van der Waals surface area contributed by atoms with E-state index in [4.69, 9.17) is 11.6 Å². The predicted molar refractivity (Wildman–Crippen MR) is 144 cm³/mol. The Labute approximate surface area is 215 Å². The van der Waals surface area contributed by atoms with Crippen LogP contribution < -0.4 is 21.5 Å². The molecule has 37 heavy (non-hydrogen) atoms. The molecule has 1 fully saturated rings. The molecule has 196 valence electrons. The Bertz CT molecular complexity index is 1300. The Morgan fingerprint density at radius 2 is 2.00 bits per heavy atom. The predicted octanol–water partition coefficient (Wildman–Crippen LogP) is 3.64. The number of nitrogens with zero attached hydrogens (tertiary/aromatic N) is 4. The molecular formula is C27H34FN7O2. The van der Waals surface area contributed by atoms with Crippen LogP contribution in [-0.2, 0) is 4.79 Å². The molecule has 3 aromatic rings. The largest absolute Gasteiger partial charge is 0.403 e. The lowest BCUT2D eigenvalue weighted by Crippen LogP contribution is -2.50. The Morgan fingerprint density at radius 1 is 1.24 bits per heavy atom. The van der Waals surface area contributed by atoms with E-state index in [2.05, 4.69) is 53.0 Å². The number of Topliss-reactive ketones (excluding diaryl/α,β-unsaturated/α-hetero) is 1. The maximum Gasteiger partial charge on any atom is 0.295 e. The van der Waals surface area contributed by atoms with E-state index in [1.807, 2.05) is 0 Å². The highest BCUT2D eigenvalue weighted by molar-refractivity contribution is 6.45. The SMILES string of the molecule is CCCC(CC)c1cccc(N2CCN(C(=O)C(=O)c3c[nH]c4c(N(N)/C=C\N)ncc(F)c34)CC2)c1. The molecule has 0 aliphatic carbocycles. The summed E-state index contributed by atoms with van der Waals surface area (Å²) in [6.07, 6.45) is 8.23. The zero-order valence-electron chi connectivity index (χ0n) is 21.3. The number of aromatic nitrogens is 2. The number of benzene rings is 1. The zero-order valence-corrected chi connectivity index (χ0v) is 21.3. The first kappa shape index (κ1) is 26.2. The molecule has 4 rings (SSSR count). The Balaban J connectivity index is 1.48. The van der Waals surface area contributed by atoms with Crippen molar-refractivity contribution >= 4 is 34.1 Å². The number of nitrogens with two attached hydrogens (primary N) is 2. The summed E-state index contributed by atoms with van der Waals surface area (Å²) in [5.74, 6) is 4.44. The summed E-state index contributed by atoms with van der Waals surface area (Å²) in [5.41, 5.74) is 7.99. The van der Waals surface area contributed by atoms with Gasteiger partial charge in [-0.3, -0.25) is 14.6 Å². The highest BCUT2D eigenvalue weighted by atomic mass is 19.1. The van der Waals surface area contributed by atoms with Crippen LogP contribution >= 0.6 is 0 Å². The van der Waals surface area contributed by atoms with Crippen LogP contribution in [0, 0.1) is 5.82 Å². The molecule has 9 nitrogen and oxygen atoms in total. The molecule has 0 saturated carbocycles. The smallest absolute Gasteiger partial charge is 0.295 e. The Hall–Kier alpha value is -3.92. The molecule has 1 aromatic carbocycles. The average molecular weight is 508 g/mol. The number of carbonyl (C=O) groups excluding carboxylic acids is 2. The van der Waals surface area contributed by atoms with Crippen LogP contribution in [0.4, 0.5) is 15.9 Å². The molecule has 1 atom stereocenters. The van der Waals surface area contributed by atoms with E-state index >= 15 is 0 Å². The lowest BCUT2D eigenvalue weighted by molar-refractivity contribution is -0.126. The highest BCUT2D eigenvalue weighted by Crippen LogP contribution is 2.30. The normalized spacial score (nSPS) is 14.9. The number of hydrogen-bond acceptors (Lipinski definition) is 7. The lowest BCUT2D eigenvalue weighted by atomic mass is 9.92. The first-order valence-corrected chi connectivity index (χ1v) is 12.7. The number of anilines is 2. The second-order valence-corrected chi connectivity index (χ2v) is 9.23. The van der Waals surface area contributed by atoms with E-state index in [0.29, 0.717) is 32.1 Å². The van der Waals surface area contributed by atoms with Gasteiger partial charge in [0.25, 0.3) is 11.7 Å². The fraction of sp³-hybridized carbons (Fsp3) is 0.370. The third-order valence-corrected chi connectivity index (χ3v) is 6.98. The molecule has 1 saturated heterocycles. The minimum absolute atomic E-state index is 0.0303. The van der Waals surface area contributed by atoms with Crippen molar-refractivity contribution in [2.75, 3.05) is 36.1 Å². The first-order chi connectivity index (χ1) is 17.9. The van der Waals surface area contributed by atoms with Gasteiger partial charge in [-0.15, -0.1) is 0 Å². The molecule has 1 amide bonds. The molecule has 10 heteroatoms. The van der Waals surface area contributed by atoms with Gasteiger partial charge in [-0.25, -0.2) is 15.2 Å². The molecular weight excluding hydrogens is 473 g/mol. The number of halogens is 1. The zero-order chi connectivity index (χ0) is 26.5. The van der Waals surface area contributed by atoms with Gasteiger partial charge >= 0.3 is 0 Å². The molecule has 0 radical (unpaired) electrons. The monoisotopic (exact) mass is 507 g/mol. The molecule has 1 aliphatic heterocycles. The molecule has 5 N–H and O–H groups in total. The number of hydrogen-bond donors (Lipinski definition) is 3. The standard InChI is InChI=1S/C27H34FN7O2/c1-3-6-18(4-2)19-7-5-8-20(15-19)33-11-13-34(14-12-33)27(37)25(36)21-16-31-24-23(21)22(28)17-32-26(24)35(30)10-9-29/h5,7-10,15-18,31H,3-4,6,11-14,29-30H2,1-2H3/b10-9-. The summed E-state index contributed by atoms with van der Waals surface area (Å²) < 4.78 is 14.7. The quantitative estimate of drug-likeness (QED) is 0.175. The van der Waals surface area contributed by atoms with Gasteiger partial charge in [-0.05, 0) is 36.5 Å². The molecule has 1 unspecified atom stereocenters. The van der Waals surface area contributed by atoms with E-state index in [1.54, 1.807) is 0 Å². The summed E-state index contributed by atoms with van der Waals surface area (Å²) in [6, 6.07) is 8.60. The van der Waals surface area contributed by atoms with Crippen LogP contribution in [0.25, 0.3) is 10.9 Å². The van der Waals surface area contributed by atoms with Gasteiger partial charge in [0, 0.05) is 50.5 Å². The van der Waals surface area contributed by atoms with Gasteiger partial charge in [-0.1, -0.05) is 32.4 Å². The minimum atomic E-state index is -0.777.